The number of benzene rings is 1. The lowest BCUT2D eigenvalue weighted by Gasteiger charge is -2.28. The highest BCUT2D eigenvalue weighted by Gasteiger charge is 2.38. The fraction of sp³-hybridized carbons (Fsp3) is 0.500. The number of nitrogens with one attached hydrogen (secondary N) is 1. The van der Waals surface area contributed by atoms with E-state index in [1.807, 2.05) is 0 Å². The van der Waals surface area contributed by atoms with Crippen LogP contribution in [0.4, 0.5) is 8.78 Å². The minimum Gasteiger partial charge on any atom is -0.331 e. The normalized spacial score (nSPS) is 26.3. The number of rotatable bonds is 1. The molecule has 0 unspecified atom stereocenters. The van der Waals surface area contributed by atoms with E-state index in [0.29, 0.717) is 0 Å². The summed E-state index contributed by atoms with van der Waals surface area (Å²) >= 11 is 0. The molecule has 0 spiro atoms. The molecule has 1 aromatic carbocycles. The van der Waals surface area contributed by atoms with E-state index in [1.165, 1.54) is 6.07 Å². The first kappa shape index (κ1) is 12.5. The Balaban J connectivity index is 1.90. The maximum atomic E-state index is 13.7. The van der Waals surface area contributed by atoms with Crippen LogP contribution in [0, 0.1) is 11.6 Å². The van der Waals surface area contributed by atoms with Crippen LogP contribution in [-0.4, -0.2) is 36.0 Å². The number of carbonyl (C=O) groups excluding carboxylic acids is 1. The first-order valence-corrected chi connectivity index (χ1v) is 6.65. The van der Waals surface area contributed by atoms with Gasteiger partial charge in [-0.3, -0.25) is 4.79 Å². The number of carbonyl (C=O) groups is 1. The Bertz CT molecular complexity index is 492. The SMILES string of the molecule is O=C(c1ccc(F)cc1F)N1[C@H]2CCNC[C@H]1CC2. The molecule has 102 valence electrons. The van der Waals surface area contributed by atoms with Crippen LogP contribution in [0.2, 0.25) is 0 Å². The van der Waals surface area contributed by atoms with Gasteiger partial charge in [-0.25, -0.2) is 8.78 Å². The first-order chi connectivity index (χ1) is 9.16. The van der Waals surface area contributed by atoms with E-state index in [2.05, 4.69) is 5.32 Å². The Kier molecular flexibility index (Phi) is 3.22. The van der Waals surface area contributed by atoms with E-state index in [-0.39, 0.29) is 23.6 Å². The molecule has 3 rings (SSSR count). The second-order valence-corrected chi connectivity index (χ2v) is 5.21. The molecule has 0 saturated carbocycles. The molecule has 0 radical (unpaired) electrons. The lowest BCUT2D eigenvalue weighted by Crippen LogP contribution is -2.42. The summed E-state index contributed by atoms with van der Waals surface area (Å²) in [5.74, 6) is -1.75. The molecule has 2 fully saturated rings. The van der Waals surface area contributed by atoms with Crippen LogP contribution in [0.3, 0.4) is 0 Å². The molecule has 0 aliphatic carbocycles. The van der Waals surface area contributed by atoms with Gasteiger partial charge in [0.15, 0.2) is 0 Å². The monoisotopic (exact) mass is 266 g/mol. The second-order valence-electron chi connectivity index (χ2n) is 5.21. The van der Waals surface area contributed by atoms with E-state index in [9.17, 15) is 13.6 Å². The van der Waals surface area contributed by atoms with Gasteiger partial charge in [0, 0.05) is 24.7 Å². The van der Waals surface area contributed by atoms with Crippen LogP contribution in [0.1, 0.15) is 29.6 Å². The van der Waals surface area contributed by atoms with Crippen molar-refractivity contribution in [2.24, 2.45) is 0 Å². The summed E-state index contributed by atoms with van der Waals surface area (Å²) in [7, 11) is 0. The van der Waals surface area contributed by atoms with Gasteiger partial charge in [0.2, 0.25) is 0 Å². The van der Waals surface area contributed by atoms with Crippen molar-refractivity contribution in [3.05, 3.63) is 35.4 Å². The first-order valence-electron chi connectivity index (χ1n) is 6.65. The number of nitrogens with zero attached hydrogens (tertiary/aromatic N) is 1. The lowest BCUT2D eigenvalue weighted by molar-refractivity contribution is 0.0675. The molecule has 1 aromatic rings. The number of halogens is 2. The van der Waals surface area contributed by atoms with Crippen LogP contribution >= 0.6 is 0 Å². The van der Waals surface area contributed by atoms with Crippen molar-refractivity contribution < 1.29 is 13.6 Å². The van der Waals surface area contributed by atoms with Crippen molar-refractivity contribution in [3.8, 4) is 0 Å². The van der Waals surface area contributed by atoms with Crippen molar-refractivity contribution in [1.82, 2.24) is 10.2 Å². The van der Waals surface area contributed by atoms with Crippen LogP contribution in [0.15, 0.2) is 18.2 Å². The second kappa shape index (κ2) is 4.89. The Morgan fingerprint density at radius 1 is 1.21 bits per heavy atom. The van der Waals surface area contributed by atoms with Gasteiger partial charge in [0.1, 0.15) is 11.6 Å². The van der Waals surface area contributed by atoms with E-state index < -0.39 is 11.6 Å². The molecule has 2 heterocycles. The molecule has 5 heteroatoms. The molecule has 3 nitrogen and oxygen atoms in total. The van der Waals surface area contributed by atoms with Crippen LogP contribution in [0.25, 0.3) is 0 Å². The molecule has 1 N–H and O–H groups in total. The van der Waals surface area contributed by atoms with E-state index in [4.69, 9.17) is 0 Å². The topological polar surface area (TPSA) is 32.3 Å². The highest BCUT2D eigenvalue weighted by Crippen LogP contribution is 2.30. The summed E-state index contributed by atoms with van der Waals surface area (Å²) in [6.45, 7) is 1.64. The fourth-order valence-electron chi connectivity index (χ4n) is 3.12. The number of fused-ring (bicyclic) bond motifs is 2. The highest BCUT2D eigenvalue weighted by molar-refractivity contribution is 5.95. The van der Waals surface area contributed by atoms with Gasteiger partial charge in [0.05, 0.1) is 5.56 Å². The predicted molar refractivity (Wildman–Crippen MR) is 66.8 cm³/mol. The zero-order valence-corrected chi connectivity index (χ0v) is 10.5. The van der Waals surface area contributed by atoms with Crippen LogP contribution < -0.4 is 5.32 Å². The van der Waals surface area contributed by atoms with E-state index >= 15 is 0 Å². The van der Waals surface area contributed by atoms with Crippen molar-refractivity contribution in [2.45, 2.75) is 31.3 Å². The standard InChI is InChI=1S/C14H16F2N2O/c15-9-1-4-12(13(16)7-9)14(19)18-10-2-3-11(18)8-17-6-5-10/h1,4,7,10-11,17H,2-3,5-6,8H2/t10-,11-/m1/s1. The quantitative estimate of drug-likeness (QED) is 0.842. The third-order valence-electron chi connectivity index (χ3n) is 4.05. The molecular formula is C14H16F2N2O. The van der Waals surface area contributed by atoms with Gasteiger partial charge >= 0.3 is 0 Å². The minimum absolute atomic E-state index is 0.0276. The molecular weight excluding hydrogens is 250 g/mol. The molecule has 2 saturated heterocycles. The lowest BCUT2D eigenvalue weighted by atomic mass is 10.1. The Labute approximate surface area is 110 Å². The highest BCUT2D eigenvalue weighted by atomic mass is 19.1. The molecule has 2 aliphatic heterocycles. The fourth-order valence-corrected chi connectivity index (χ4v) is 3.12. The molecule has 1 amide bonds. The average molecular weight is 266 g/mol. The van der Waals surface area contributed by atoms with Gasteiger partial charge < -0.3 is 10.2 Å². The summed E-state index contributed by atoms with van der Waals surface area (Å²) in [4.78, 5) is 14.3. The van der Waals surface area contributed by atoms with Crippen LogP contribution in [0.5, 0.6) is 0 Å². The minimum atomic E-state index is -0.776. The van der Waals surface area contributed by atoms with Gasteiger partial charge in [-0.05, 0) is 37.9 Å². The summed E-state index contributed by atoms with van der Waals surface area (Å²) < 4.78 is 26.6. The van der Waals surface area contributed by atoms with Gasteiger partial charge in [-0.2, -0.15) is 0 Å². The molecule has 2 atom stereocenters. The van der Waals surface area contributed by atoms with Crippen molar-refractivity contribution in [1.29, 1.82) is 0 Å². The van der Waals surface area contributed by atoms with Crippen molar-refractivity contribution >= 4 is 5.91 Å². The summed E-state index contributed by atoms with van der Waals surface area (Å²) in [5, 5.41) is 3.29. The number of hydrogen-bond acceptors (Lipinski definition) is 2. The summed E-state index contributed by atoms with van der Waals surface area (Å²) in [6, 6.07) is 3.45. The van der Waals surface area contributed by atoms with Crippen LogP contribution in [-0.2, 0) is 0 Å². The van der Waals surface area contributed by atoms with Gasteiger partial charge in [-0.15, -0.1) is 0 Å². The van der Waals surface area contributed by atoms with E-state index in [1.54, 1.807) is 4.90 Å². The zero-order valence-electron chi connectivity index (χ0n) is 10.5. The molecule has 2 aliphatic rings. The molecule has 19 heavy (non-hydrogen) atoms. The average Bonchev–Trinajstić information content (AvgIpc) is 2.62. The van der Waals surface area contributed by atoms with Gasteiger partial charge in [0.25, 0.3) is 5.91 Å². The smallest absolute Gasteiger partial charge is 0.257 e. The molecule has 0 aromatic heterocycles. The predicted octanol–water partition coefficient (Wildman–Crippen LogP) is 1.93. The molecule has 2 bridgehead atoms. The maximum absolute atomic E-state index is 13.7. The Hall–Kier alpha value is -1.49. The number of hydrogen-bond donors (Lipinski definition) is 1. The van der Waals surface area contributed by atoms with Crippen molar-refractivity contribution in [2.75, 3.05) is 13.1 Å². The third kappa shape index (κ3) is 2.23. The largest absolute Gasteiger partial charge is 0.331 e. The summed E-state index contributed by atoms with van der Waals surface area (Å²) in [5.41, 5.74) is -0.0276. The third-order valence-corrected chi connectivity index (χ3v) is 4.05. The summed E-state index contributed by atoms with van der Waals surface area (Å²) in [6.07, 6.45) is 2.82. The van der Waals surface area contributed by atoms with Gasteiger partial charge in [-0.1, -0.05) is 0 Å². The number of amides is 1. The maximum Gasteiger partial charge on any atom is 0.257 e. The van der Waals surface area contributed by atoms with Crippen molar-refractivity contribution in [3.63, 3.8) is 0 Å². The Morgan fingerprint density at radius 2 is 2.00 bits per heavy atom. The Morgan fingerprint density at radius 3 is 2.79 bits per heavy atom. The van der Waals surface area contributed by atoms with E-state index in [0.717, 1.165) is 44.5 Å². The zero-order chi connectivity index (χ0) is 13.4.